The summed E-state index contributed by atoms with van der Waals surface area (Å²) in [6, 6.07) is 33.9. The molecule has 4 rings (SSSR count). The van der Waals surface area contributed by atoms with Crippen molar-refractivity contribution in [2.24, 2.45) is 0 Å². The van der Waals surface area contributed by atoms with E-state index in [0.717, 1.165) is 22.7 Å². The van der Waals surface area contributed by atoms with Gasteiger partial charge in [0.25, 0.3) is 0 Å². The Labute approximate surface area is 184 Å². The van der Waals surface area contributed by atoms with E-state index < -0.39 is 0 Å². The molecule has 0 radical (unpaired) electrons. The third-order valence-electron chi connectivity index (χ3n) is 5.33. The van der Waals surface area contributed by atoms with Crippen LogP contribution in [0.1, 0.15) is 27.8 Å². The van der Waals surface area contributed by atoms with Crippen molar-refractivity contribution in [3.8, 4) is 5.75 Å². The van der Waals surface area contributed by atoms with Gasteiger partial charge in [-0.3, -0.25) is 0 Å². The van der Waals surface area contributed by atoms with E-state index in [1.54, 1.807) is 7.11 Å². The van der Waals surface area contributed by atoms with Gasteiger partial charge in [-0.15, -0.1) is 0 Å². The van der Waals surface area contributed by atoms with Gasteiger partial charge in [-0.25, -0.2) is 0 Å². The highest BCUT2D eigenvalue weighted by atomic mass is 16.5. The van der Waals surface area contributed by atoms with E-state index in [0.29, 0.717) is 0 Å². The molecule has 0 aliphatic carbocycles. The number of nitrogens with one attached hydrogen (secondary N) is 1. The predicted octanol–water partition coefficient (Wildman–Crippen LogP) is 7.64. The molecule has 0 unspecified atom stereocenters. The number of aryl methyl sites for hydroxylation is 2. The van der Waals surface area contributed by atoms with E-state index in [9.17, 15) is 0 Å². The number of hydrogen-bond donors (Lipinski definition) is 1. The average molecular weight is 406 g/mol. The minimum Gasteiger partial charge on any atom is -0.497 e. The molecule has 0 aliphatic rings. The van der Waals surface area contributed by atoms with Gasteiger partial charge in [-0.1, -0.05) is 71.8 Å². The van der Waals surface area contributed by atoms with Crippen molar-refractivity contribution in [3.63, 3.8) is 0 Å². The van der Waals surface area contributed by atoms with Gasteiger partial charge in [-0.05, 0) is 78.6 Å². The maximum absolute atomic E-state index is 5.22. The molecule has 0 saturated heterocycles. The second-order valence-electron chi connectivity index (χ2n) is 7.77. The molecular weight excluding hydrogens is 378 g/mol. The third-order valence-corrected chi connectivity index (χ3v) is 5.33. The summed E-state index contributed by atoms with van der Waals surface area (Å²) in [5.74, 6) is 0.853. The van der Waals surface area contributed by atoms with E-state index in [2.05, 4.69) is 98.0 Å². The summed E-state index contributed by atoms with van der Waals surface area (Å²) >= 11 is 0. The molecule has 4 aromatic carbocycles. The van der Waals surface area contributed by atoms with Crippen molar-refractivity contribution < 1.29 is 4.74 Å². The molecule has 0 aliphatic heterocycles. The second-order valence-corrected chi connectivity index (χ2v) is 7.77. The molecule has 0 saturated carbocycles. The zero-order valence-corrected chi connectivity index (χ0v) is 18.2. The van der Waals surface area contributed by atoms with Gasteiger partial charge in [0.05, 0.1) is 7.11 Å². The summed E-state index contributed by atoms with van der Waals surface area (Å²) in [5.41, 5.74) is 9.43. The molecule has 0 spiro atoms. The van der Waals surface area contributed by atoms with Crippen LogP contribution in [-0.4, -0.2) is 7.11 Å². The van der Waals surface area contributed by atoms with Crippen molar-refractivity contribution in [2.45, 2.75) is 13.8 Å². The topological polar surface area (TPSA) is 21.3 Å². The molecule has 2 nitrogen and oxygen atoms in total. The van der Waals surface area contributed by atoms with Gasteiger partial charge in [-0.2, -0.15) is 0 Å². The van der Waals surface area contributed by atoms with Gasteiger partial charge in [0, 0.05) is 11.4 Å². The quantitative estimate of drug-likeness (QED) is 0.333. The Bertz CT molecular complexity index is 1110. The maximum Gasteiger partial charge on any atom is 0.119 e. The first-order chi connectivity index (χ1) is 15.1. The molecule has 0 bridgehead atoms. The summed E-state index contributed by atoms with van der Waals surface area (Å²) in [5, 5.41) is 3.44. The smallest absolute Gasteiger partial charge is 0.119 e. The molecule has 0 fully saturated rings. The van der Waals surface area contributed by atoms with Crippen LogP contribution in [0, 0.1) is 13.8 Å². The number of anilines is 2. The standard InChI is InChI=1S/C29H27NO/c1-21-4-10-24(11-5-21)29(25-12-6-22(2)7-13-25)20-23-8-14-26(15-9-23)30-27-16-18-28(31-3)19-17-27/h4-20,30H,1-3H3. The van der Waals surface area contributed by atoms with Gasteiger partial charge < -0.3 is 10.1 Å². The third kappa shape index (κ3) is 5.23. The lowest BCUT2D eigenvalue weighted by molar-refractivity contribution is 0.415. The summed E-state index contributed by atoms with van der Waals surface area (Å²) in [7, 11) is 1.68. The molecule has 0 heterocycles. The zero-order valence-electron chi connectivity index (χ0n) is 18.2. The van der Waals surface area contributed by atoms with Crippen LogP contribution in [0.15, 0.2) is 97.1 Å². The lowest BCUT2D eigenvalue weighted by atomic mass is 9.94. The van der Waals surface area contributed by atoms with E-state index in [4.69, 9.17) is 4.74 Å². The maximum atomic E-state index is 5.22. The van der Waals surface area contributed by atoms with E-state index in [1.807, 2.05) is 24.3 Å². The van der Waals surface area contributed by atoms with E-state index in [-0.39, 0.29) is 0 Å². The molecule has 0 amide bonds. The Balaban J connectivity index is 1.62. The van der Waals surface area contributed by atoms with Crippen molar-refractivity contribution in [2.75, 3.05) is 12.4 Å². The first-order valence-corrected chi connectivity index (χ1v) is 10.5. The minimum atomic E-state index is 0.853. The predicted molar refractivity (Wildman–Crippen MR) is 132 cm³/mol. The van der Waals surface area contributed by atoms with Gasteiger partial charge >= 0.3 is 0 Å². The highest BCUT2D eigenvalue weighted by molar-refractivity contribution is 5.91. The normalized spacial score (nSPS) is 10.4. The Morgan fingerprint density at radius 3 is 1.52 bits per heavy atom. The monoisotopic (exact) mass is 405 g/mol. The fourth-order valence-electron chi connectivity index (χ4n) is 3.47. The van der Waals surface area contributed by atoms with Crippen LogP contribution in [0.4, 0.5) is 11.4 Å². The lowest BCUT2D eigenvalue weighted by Gasteiger charge is -2.11. The van der Waals surface area contributed by atoms with Crippen molar-refractivity contribution in [3.05, 3.63) is 125 Å². The first kappa shape index (κ1) is 20.5. The summed E-state index contributed by atoms with van der Waals surface area (Å²) in [6.07, 6.45) is 2.26. The van der Waals surface area contributed by atoms with Crippen molar-refractivity contribution in [1.82, 2.24) is 0 Å². The van der Waals surface area contributed by atoms with Crippen LogP contribution in [0.2, 0.25) is 0 Å². The number of rotatable bonds is 6. The number of ether oxygens (including phenoxy) is 1. The van der Waals surface area contributed by atoms with Gasteiger partial charge in [0.2, 0.25) is 0 Å². The largest absolute Gasteiger partial charge is 0.497 e. The number of hydrogen-bond acceptors (Lipinski definition) is 2. The Morgan fingerprint density at radius 2 is 1.06 bits per heavy atom. The van der Waals surface area contributed by atoms with E-state index in [1.165, 1.54) is 27.8 Å². The van der Waals surface area contributed by atoms with Gasteiger partial charge in [0.1, 0.15) is 5.75 Å². The molecule has 2 heteroatoms. The van der Waals surface area contributed by atoms with Crippen LogP contribution < -0.4 is 10.1 Å². The Kier molecular flexibility index (Phi) is 6.18. The van der Waals surface area contributed by atoms with Crippen molar-refractivity contribution >= 4 is 23.0 Å². The molecule has 0 atom stereocenters. The Hall–Kier alpha value is -3.78. The van der Waals surface area contributed by atoms with Crippen LogP contribution >= 0.6 is 0 Å². The lowest BCUT2D eigenvalue weighted by Crippen LogP contribution is -1.91. The van der Waals surface area contributed by atoms with Crippen LogP contribution in [0.25, 0.3) is 11.6 Å². The zero-order chi connectivity index (χ0) is 21.6. The summed E-state index contributed by atoms with van der Waals surface area (Å²) in [6.45, 7) is 4.24. The Morgan fingerprint density at radius 1 is 0.613 bits per heavy atom. The summed E-state index contributed by atoms with van der Waals surface area (Å²) in [4.78, 5) is 0. The molecule has 0 aromatic heterocycles. The van der Waals surface area contributed by atoms with E-state index >= 15 is 0 Å². The number of methoxy groups -OCH3 is 1. The van der Waals surface area contributed by atoms with Gasteiger partial charge in [0.15, 0.2) is 0 Å². The average Bonchev–Trinajstić information content (AvgIpc) is 2.80. The number of benzene rings is 4. The molecule has 154 valence electrons. The SMILES string of the molecule is COc1ccc(Nc2ccc(C=C(c3ccc(C)cc3)c3ccc(C)cc3)cc2)cc1. The molecular formula is C29H27NO. The molecule has 1 N–H and O–H groups in total. The summed E-state index contributed by atoms with van der Waals surface area (Å²) < 4.78 is 5.22. The van der Waals surface area contributed by atoms with Crippen LogP contribution in [0.3, 0.4) is 0 Å². The van der Waals surface area contributed by atoms with Crippen molar-refractivity contribution in [1.29, 1.82) is 0 Å². The minimum absolute atomic E-state index is 0.853. The highest BCUT2D eigenvalue weighted by Crippen LogP contribution is 2.28. The molecule has 4 aromatic rings. The fraction of sp³-hybridized carbons (Fsp3) is 0.103. The van der Waals surface area contributed by atoms with Crippen LogP contribution in [0.5, 0.6) is 5.75 Å². The highest BCUT2D eigenvalue weighted by Gasteiger charge is 2.06. The second kappa shape index (κ2) is 9.36. The molecule has 31 heavy (non-hydrogen) atoms. The van der Waals surface area contributed by atoms with Crippen LogP contribution in [-0.2, 0) is 0 Å². The fourth-order valence-corrected chi connectivity index (χ4v) is 3.47. The first-order valence-electron chi connectivity index (χ1n) is 10.5.